The van der Waals surface area contributed by atoms with Crippen LogP contribution in [0.15, 0.2) is 18.3 Å². The Bertz CT molecular complexity index is 546. The Morgan fingerprint density at radius 1 is 1.31 bits per heavy atom. The highest BCUT2D eigenvalue weighted by Crippen LogP contribution is 2.28. The van der Waals surface area contributed by atoms with Gasteiger partial charge >= 0.3 is 0 Å². The van der Waals surface area contributed by atoms with E-state index in [2.05, 4.69) is 9.97 Å². The van der Waals surface area contributed by atoms with Crippen molar-refractivity contribution in [2.45, 2.75) is 20.8 Å². The lowest BCUT2D eigenvalue weighted by Gasteiger charge is -2.01. The summed E-state index contributed by atoms with van der Waals surface area (Å²) in [5.74, 6) is 0.0921. The fourth-order valence-corrected chi connectivity index (χ4v) is 2.37. The summed E-state index contributed by atoms with van der Waals surface area (Å²) in [6, 6.07) is 3.77. The van der Waals surface area contributed by atoms with Crippen molar-refractivity contribution >= 4 is 17.1 Å². The van der Waals surface area contributed by atoms with Gasteiger partial charge in [-0.15, -0.1) is 11.3 Å². The van der Waals surface area contributed by atoms with Crippen molar-refractivity contribution in [3.05, 3.63) is 34.6 Å². The number of hydrogen-bond acceptors (Lipinski definition) is 4. The summed E-state index contributed by atoms with van der Waals surface area (Å²) in [6.45, 7) is 5.41. The monoisotopic (exact) mass is 232 g/mol. The first kappa shape index (κ1) is 11.0. The van der Waals surface area contributed by atoms with Crippen molar-refractivity contribution in [1.29, 1.82) is 0 Å². The van der Waals surface area contributed by atoms with E-state index >= 15 is 0 Å². The largest absolute Gasteiger partial charge is 0.294 e. The van der Waals surface area contributed by atoms with Gasteiger partial charge in [-0.2, -0.15) is 0 Å². The summed E-state index contributed by atoms with van der Waals surface area (Å²) in [5.41, 5.74) is 2.65. The number of ketones is 1. The average molecular weight is 232 g/mol. The molecule has 0 N–H and O–H groups in total. The zero-order valence-electron chi connectivity index (χ0n) is 9.44. The molecule has 0 aromatic carbocycles. The van der Waals surface area contributed by atoms with Crippen LogP contribution in [0, 0.1) is 13.8 Å². The molecule has 0 radical (unpaired) electrons. The van der Waals surface area contributed by atoms with Gasteiger partial charge in [0.1, 0.15) is 5.69 Å². The molecular weight excluding hydrogens is 220 g/mol. The molecule has 0 atom stereocenters. The molecular formula is C12H12N2OS. The second-order valence-electron chi connectivity index (χ2n) is 3.67. The smallest absolute Gasteiger partial charge is 0.169 e. The quantitative estimate of drug-likeness (QED) is 0.747. The number of rotatable bonds is 2. The summed E-state index contributed by atoms with van der Waals surface area (Å²) in [7, 11) is 0. The number of Topliss-reactive ketones (excluding diaryl/α,β-unsaturated/α-hetero) is 1. The van der Waals surface area contributed by atoms with Crippen molar-refractivity contribution < 1.29 is 4.79 Å². The van der Waals surface area contributed by atoms with E-state index in [-0.39, 0.29) is 5.78 Å². The molecule has 2 aromatic heterocycles. The molecule has 2 aromatic rings. The van der Waals surface area contributed by atoms with E-state index in [0.717, 1.165) is 26.8 Å². The maximum Gasteiger partial charge on any atom is 0.169 e. The summed E-state index contributed by atoms with van der Waals surface area (Å²) < 4.78 is 0. The van der Waals surface area contributed by atoms with E-state index in [4.69, 9.17) is 0 Å². The van der Waals surface area contributed by atoms with Gasteiger partial charge in [-0.05, 0) is 32.9 Å². The molecule has 82 valence electrons. The van der Waals surface area contributed by atoms with Gasteiger partial charge in [-0.1, -0.05) is 0 Å². The van der Waals surface area contributed by atoms with Gasteiger partial charge in [0.2, 0.25) is 0 Å². The number of carbonyl (C=O) groups is 1. The maximum atomic E-state index is 11.2. The highest BCUT2D eigenvalue weighted by atomic mass is 32.1. The van der Waals surface area contributed by atoms with Gasteiger partial charge in [0, 0.05) is 6.20 Å². The molecule has 0 amide bonds. The van der Waals surface area contributed by atoms with Crippen molar-refractivity contribution in [2.75, 3.05) is 0 Å². The van der Waals surface area contributed by atoms with Crippen LogP contribution in [0.25, 0.3) is 10.6 Å². The first-order valence-corrected chi connectivity index (χ1v) is 5.81. The molecule has 4 heteroatoms. The summed E-state index contributed by atoms with van der Waals surface area (Å²) >= 11 is 1.46. The van der Waals surface area contributed by atoms with Gasteiger partial charge < -0.3 is 0 Å². The number of aromatic nitrogens is 2. The van der Waals surface area contributed by atoms with Crippen molar-refractivity contribution in [3.8, 4) is 10.6 Å². The van der Waals surface area contributed by atoms with Crippen LogP contribution in [0.5, 0.6) is 0 Å². The standard InChI is InChI=1S/C12H12N2OS/c1-7-6-13-8(2)12(14-7)11-5-4-10(16-11)9(3)15/h4-6H,1-3H3. The number of aryl methyl sites for hydroxylation is 2. The molecule has 0 aliphatic heterocycles. The molecule has 0 spiro atoms. The molecule has 0 saturated heterocycles. The Morgan fingerprint density at radius 3 is 2.69 bits per heavy atom. The van der Waals surface area contributed by atoms with Gasteiger partial charge in [0.25, 0.3) is 0 Å². The van der Waals surface area contributed by atoms with Gasteiger partial charge in [-0.25, -0.2) is 4.98 Å². The van der Waals surface area contributed by atoms with E-state index in [0.29, 0.717) is 0 Å². The van der Waals surface area contributed by atoms with Gasteiger partial charge in [0.05, 0.1) is 21.1 Å². The van der Waals surface area contributed by atoms with Crippen LogP contribution >= 0.6 is 11.3 Å². The fourth-order valence-electron chi connectivity index (χ4n) is 1.43. The number of nitrogens with zero attached hydrogens (tertiary/aromatic N) is 2. The molecule has 0 unspecified atom stereocenters. The van der Waals surface area contributed by atoms with Crippen LogP contribution in [-0.4, -0.2) is 15.8 Å². The molecule has 0 aliphatic carbocycles. The predicted molar refractivity (Wildman–Crippen MR) is 64.8 cm³/mol. The first-order valence-electron chi connectivity index (χ1n) is 4.99. The Morgan fingerprint density at radius 2 is 2.06 bits per heavy atom. The van der Waals surface area contributed by atoms with E-state index in [1.807, 2.05) is 26.0 Å². The zero-order valence-corrected chi connectivity index (χ0v) is 10.3. The van der Waals surface area contributed by atoms with Crippen molar-refractivity contribution in [2.24, 2.45) is 0 Å². The van der Waals surface area contributed by atoms with E-state index in [1.165, 1.54) is 11.3 Å². The van der Waals surface area contributed by atoms with Crippen LogP contribution in [0.1, 0.15) is 28.0 Å². The first-order chi connectivity index (χ1) is 7.58. The lowest BCUT2D eigenvalue weighted by Crippen LogP contribution is -1.92. The summed E-state index contributed by atoms with van der Waals surface area (Å²) in [4.78, 5) is 21.7. The Labute approximate surface area is 98.2 Å². The minimum atomic E-state index is 0.0921. The zero-order chi connectivity index (χ0) is 11.7. The summed E-state index contributed by atoms with van der Waals surface area (Å²) in [6.07, 6.45) is 1.75. The predicted octanol–water partition coefficient (Wildman–Crippen LogP) is 3.02. The van der Waals surface area contributed by atoms with E-state index in [1.54, 1.807) is 13.1 Å². The minimum Gasteiger partial charge on any atom is -0.294 e. The van der Waals surface area contributed by atoms with Crippen molar-refractivity contribution in [3.63, 3.8) is 0 Å². The van der Waals surface area contributed by atoms with Crippen LogP contribution in [0.3, 0.4) is 0 Å². The second kappa shape index (κ2) is 4.14. The maximum absolute atomic E-state index is 11.2. The van der Waals surface area contributed by atoms with Crippen LogP contribution in [-0.2, 0) is 0 Å². The topological polar surface area (TPSA) is 42.9 Å². The fraction of sp³-hybridized carbons (Fsp3) is 0.250. The van der Waals surface area contributed by atoms with Crippen LogP contribution in [0.4, 0.5) is 0 Å². The molecule has 0 aliphatic rings. The third-order valence-corrected chi connectivity index (χ3v) is 3.46. The molecule has 2 heterocycles. The van der Waals surface area contributed by atoms with Crippen molar-refractivity contribution in [1.82, 2.24) is 9.97 Å². The Balaban J connectivity index is 2.50. The molecule has 0 bridgehead atoms. The highest BCUT2D eigenvalue weighted by molar-refractivity contribution is 7.17. The van der Waals surface area contributed by atoms with E-state index in [9.17, 15) is 4.79 Å². The number of carbonyl (C=O) groups excluding carboxylic acids is 1. The highest BCUT2D eigenvalue weighted by Gasteiger charge is 2.10. The Hall–Kier alpha value is -1.55. The van der Waals surface area contributed by atoms with Gasteiger partial charge in [0.15, 0.2) is 5.78 Å². The van der Waals surface area contributed by atoms with Crippen LogP contribution in [0.2, 0.25) is 0 Å². The third-order valence-electron chi connectivity index (χ3n) is 2.26. The number of thiophene rings is 1. The Kier molecular flexibility index (Phi) is 2.83. The lowest BCUT2D eigenvalue weighted by atomic mass is 10.2. The second-order valence-corrected chi connectivity index (χ2v) is 4.75. The molecule has 16 heavy (non-hydrogen) atoms. The SMILES string of the molecule is CC(=O)c1ccc(-c2nc(C)cnc2C)s1. The number of hydrogen-bond donors (Lipinski definition) is 0. The summed E-state index contributed by atoms with van der Waals surface area (Å²) in [5, 5.41) is 0. The molecule has 3 nitrogen and oxygen atoms in total. The van der Waals surface area contributed by atoms with E-state index < -0.39 is 0 Å². The average Bonchev–Trinajstić information content (AvgIpc) is 2.70. The third kappa shape index (κ3) is 2.02. The van der Waals surface area contributed by atoms with Crippen LogP contribution < -0.4 is 0 Å². The minimum absolute atomic E-state index is 0.0921. The molecule has 0 saturated carbocycles. The lowest BCUT2D eigenvalue weighted by molar-refractivity contribution is 0.102. The van der Waals surface area contributed by atoms with Gasteiger partial charge in [-0.3, -0.25) is 9.78 Å². The molecule has 0 fully saturated rings. The molecule has 2 rings (SSSR count). The normalized spacial score (nSPS) is 10.4.